The number of amides is 2. The van der Waals surface area contributed by atoms with Crippen molar-refractivity contribution in [3.63, 3.8) is 0 Å². The first-order valence-corrected chi connectivity index (χ1v) is 11.8. The third kappa shape index (κ3) is 5.34. The number of benzene rings is 2. The van der Waals surface area contributed by atoms with E-state index in [1.165, 1.54) is 0 Å². The van der Waals surface area contributed by atoms with E-state index in [-0.39, 0.29) is 24.6 Å². The predicted molar refractivity (Wildman–Crippen MR) is 130 cm³/mol. The summed E-state index contributed by atoms with van der Waals surface area (Å²) < 4.78 is 10.4. The number of carbonyl (C=O) groups is 2. The van der Waals surface area contributed by atoms with Gasteiger partial charge in [0.25, 0.3) is 5.91 Å². The normalized spacial score (nSPS) is 18.6. The Morgan fingerprint density at radius 2 is 1.85 bits per heavy atom. The summed E-state index contributed by atoms with van der Waals surface area (Å²) in [4.78, 5) is 29.1. The van der Waals surface area contributed by atoms with Gasteiger partial charge in [0, 0.05) is 43.2 Å². The van der Waals surface area contributed by atoms with E-state index in [9.17, 15) is 9.59 Å². The number of methoxy groups -OCH3 is 1. The Morgan fingerprint density at radius 3 is 2.56 bits per heavy atom. The molecule has 2 aromatic carbocycles. The van der Waals surface area contributed by atoms with E-state index >= 15 is 0 Å². The van der Waals surface area contributed by atoms with Crippen LogP contribution < -0.4 is 4.74 Å². The molecule has 4 rings (SSSR count). The lowest BCUT2D eigenvalue weighted by atomic mass is 9.98. The van der Waals surface area contributed by atoms with Gasteiger partial charge < -0.3 is 14.4 Å². The molecule has 0 N–H and O–H groups in total. The molecule has 1 fully saturated rings. The fraction of sp³-hybridized carbons (Fsp3) is 0.400. The second kappa shape index (κ2) is 10.9. The molecule has 2 aliphatic rings. The van der Waals surface area contributed by atoms with Gasteiger partial charge in [0.05, 0.1) is 32.0 Å². The van der Waals surface area contributed by atoms with Crippen LogP contribution in [0.25, 0.3) is 0 Å². The van der Waals surface area contributed by atoms with Crippen LogP contribution >= 0.6 is 11.6 Å². The summed E-state index contributed by atoms with van der Waals surface area (Å²) in [5, 5.41) is 6.91. The first kappa shape index (κ1) is 24.0. The van der Waals surface area contributed by atoms with Crippen molar-refractivity contribution in [3.05, 3.63) is 64.7 Å². The fourth-order valence-corrected chi connectivity index (χ4v) is 4.53. The second-order valence-electron chi connectivity index (χ2n) is 8.22. The van der Waals surface area contributed by atoms with Gasteiger partial charge in [-0.1, -0.05) is 41.9 Å². The zero-order valence-electron chi connectivity index (χ0n) is 19.4. The maximum Gasteiger partial charge on any atom is 0.409 e. The number of rotatable bonds is 6. The minimum absolute atomic E-state index is 0.104. The number of piperazine rings is 1. The van der Waals surface area contributed by atoms with Gasteiger partial charge in [0.2, 0.25) is 0 Å². The van der Waals surface area contributed by atoms with Crippen LogP contribution in [0.3, 0.4) is 0 Å². The lowest BCUT2D eigenvalue weighted by molar-refractivity contribution is -0.134. The first-order valence-electron chi connectivity index (χ1n) is 11.4. The molecule has 2 heterocycles. The van der Waals surface area contributed by atoms with E-state index in [1.807, 2.05) is 53.4 Å². The second-order valence-corrected chi connectivity index (χ2v) is 8.63. The maximum absolute atomic E-state index is 13.4. The van der Waals surface area contributed by atoms with Crippen molar-refractivity contribution < 1.29 is 19.1 Å². The number of carbonyl (C=O) groups excluding carboxylic acids is 2. The average Bonchev–Trinajstić information content (AvgIpc) is 3.30. The Kier molecular flexibility index (Phi) is 7.70. The molecule has 0 bridgehead atoms. The number of ether oxygens (including phenoxy) is 2. The van der Waals surface area contributed by atoms with Gasteiger partial charge in [-0.15, -0.1) is 0 Å². The number of halogens is 1. The topological polar surface area (TPSA) is 74.7 Å². The molecule has 2 amide bonds. The molecule has 0 aliphatic carbocycles. The Bertz CT molecular complexity index is 1070. The van der Waals surface area contributed by atoms with Gasteiger partial charge >= 0.3 is 6.09 Å². The highest BCUT2D eigenvalue weighted by Gasteiger charge is 2.35. The molecule has 34 heavy (non-hydrogen) atoms. The van der Waals surface area contributed by atoms with Crippen LogP contribution in [0.5, 0.6) is 5.75 Å². The molecule has 1 saturated heterocycles. The Morgan fingerprint density at radius 1 is 1.09 bits per heavy atom. The number of hydrogen-bond donors (Lipinski definition) is 0. The monoisotopic (exact) mass is 484 g/mol. The third-order valence-corrected chi connectivity index (χ3v) is 6.43. The van der Waals surface area contributed by atoms with E-state index in [4.69, 9.17) is 26.2 Å². The lowest BCUT2D eigenvalue weighted by Crippen LogP contribution is -2.51. The molecule has 8 nitrogen and oxygen atoms in total. The van der Waals surface area contributed by atoms with E-state index in [2.05, 4.69) is 0 Å². The predicted octanol–water partition coefficient (Wildman–Crippen LogP) is 3.80. The zero-order valence-corrected chi connectivity index (χ0v) is 20.2. The van der Waals surface area contributed by atoms with Crippen LogP contribution in [-0.4, -0.2) is 79.0 Å². The number of hydrazone groups is 1. The van der Waals surface area contributed by atoms with Crippen molar-refractivity contribution in [2.24, 2.45) is 5.10 Å². The van der Waals surface area contributed by atoms with Crippen LogP contribution in [0.2, 0.25) is 5.02 Å². The van der Waals surface area contributed by atoms with Gasteiger partial charge in [0.15, 0.2) is 0 Å². The van der Waals surface area contributed by atoms with Gasteiger partial charge in [-0.3, -0.25) is 9.69 Å². The molecule has 0 saturated carbocycles. The molecule has 9 heteroatoms. The van der Waals surface area contributed by atoms with Crippen molar-refractivity contribution in [2.75, 3.05) is 46.4 Å². The van der Waals surface area contributed by atoms with Gasteiger partial charge in [-0.2, -0.15) is 5.10 Å². The molecule has 0 aromatic heterocycles. The molecule has 2 aromatic rings. The molecule has 0 spiro atoms. The molecule has 1 atom stereocenters. The van der Waals surface area contributed by atoms with Gasteiger partial charge in [-0.25, -0.2) is 9.80 Å². The Labute approximate surface area is 204 Å². The minimum atomic E-state index is -0.306. The summed E-state index contributed by atoms with van der Waals surface area (Å²) in [5.41, 5.74) is 2.59. The van der Waals surface area contributed by atoms with E-state index < -0.39 is 0 Å². The van der Waals surface area contributed by atoms with E-state index in [1.54, 1.807) is 23.9 Å². The first-order chi connectivity index (χ1) is 16.5. The molecule has 2 aliphatic heterocycles. The fourth-order valence-electron chi connectivity index (χ4n) is 4.27. The highest BCUT2D eigenvalue weighted by molar-refractivity contribution is 6.31. The minimum Gasteiger partial charge on any atom is -0.497 e. The van der Waals surface area contributed by atoms with Crippen LogP contribution in [-0.2, 0) is 9.53 Å². The quantitative estimate of drug-likeness (QED) is 0.623. The van der Waals surface area contributed by atoms with E-state index in [0.29, 0.717) is 44.2 Å². The van der Waals surface area contributed by atoms with Crippen LogP contribution in [0.1, 0.15) is 30.5 Å². The summed E-state index contributed by atoms with van der Waals surface area (Å²) in [6.45, 7) is 4.61. The van der Waals surface area contributed by atoms with Crippen LogP contribution in [0, 0.1) is 0 Å². The summed E-state index contributed by atoms with van der Waals surface area (Å²) in [6, 6.07) is 15.0. The van der Waals surface area contributed by atoms with E-state index in [0.717, 1.165) is 22.6 Å². The molecular weight excluding hydrogens is 456 g/mol. The van der Waals surface area contributed by atoms with Crippen molar-refractivity contribution >= 4 is 29.3 Å². The van der Waals surface area contributed by atoms with Crippen molar-refractivity contribution in [1.82, 2.24) is 14.8 Å². The third-order valence-electron chi connectivity index (χ3n) is 6.09. The largest absolute Gasteiger partial charge is 0.497 e. The highest BCUT2D eigenvalue weighted by atomic mass is 35.5. The maximum atomic E-state index is 13.4. The molecule has 0 unspecified atom stereocenters. The summed E-state index contributed by atoms with van der Waals surface area (Å²) >= 11 is 6.51. The van der Waals surface area contributed by atoms with Gasteiger partial charge in [-0.05, 0) is 30.7 Å². The lowest BCUT2D eigenvalue weighted by Gasteiger charge is -2.34. The zero-order chi connectivity index (χ0) is 24.1. The highest BCUT2D eigenvalue weighted by Crippen LogP contribution is 2.36. The standard InChI is InChI=1S/C25H29ClN4O4/c1-3-34-25(32)29-13-11-28(12-14-29)17-24(31)30-23(20-9-4-5-10-21(20)26)16-22(27-30)18-7-6-8-19(15-18)33-2/h4-10,15,23H,3,11-14,16-17H2,1-2H3/t23-/m0/s1. The smallest absolute Gasteiger partial charge is 0.409 e. The summed E-state index contributed by atoms with van der Waals surface area (Å²) in [5.74, 6) is 0.631. The number of hydrogen-bond acceptors (Lipinski definition) is 6. The Hall–Kier alpha value is -3.10. The van der Waals surface area contributed by atoms with Crippen molar-refractivity contribution in [2.45, 2.75) is 19.4 Å². The summed E-state index contributed by atoms with van der Waals surface area (Å²) in [6.07, 6.45) is 0.249. The molecule has 180 valence electrons. The SMILES string of the molecule is CCOC(=O)N1CCN(CC(=O)N2N=C(c3cccc(OC)c3)C[C@H]2c2ccccc2Cl)CC1. The molecule has 0 radical (unpaired) electrons. The van der Waals surface area contributed by atoms with Gasteiger partial charge in [0.1, 0.15) is 5.75 Å². The Balaban J connectivity index is 1.51. The average molecular weight is 485 g/mol. The molecular formula is C25H29ClN4O4. The summed E-state index contributed by atoms with van der Waals surface area (Å²) in [7, 11) is 1.62. The van der Waals surface area contributed by atoms with Crippen molar-refractivity contribution in [3.8, 4) is 5.75 Å². The van der Waals surface area contributed by atoms with Crippen LogP contribution in [0.4, 0.5) is 4.79 Å². The number of nitrogens with zero attached hydrogens (tertiary/aromatic N) is 4. The van der Waals surface area contributed by atoms with Crippen LogP contribution in [0.15, 0.2) is 53.6 Å². The van der Waals surface area contributed by atoms with Crippen molar-refractivity contribution in [1.29, 1.82) is 0 Å².